The molecule has 2 heterocycles. The zero-order chi connectivity index (χ0) is 16.3. The Labute approximate surface area is 108 Å². The first-order chi connectivity index (χ1) is 10.2. The van der Waals surface area contributed by atoms with Crippen LogP contribution in [0.5, 0.6) is 5.75 Å². The molecule has 1 unspecified atom stereocenters. The van der Waals surface area contributed by atoms with E-state index in [1.54, 1.807) is 25.3 Å². The number of rotatable bonds is 2. The lowest BCUT2D eigenvalue weighted by Crippen LogP contribution is -2.13. The molecular formula is C14H18N2O. The van der Waals surface area contributed by atoms with E-state index in [0.29, 0.717) is 16.7 Å². The van der Waals surface area contributed by atoms with Gasteiger partial charge in [0.2, 0.25) is 0 Å². The summed E-state index contributed by atoms with van der Waals surface area (Å²) < 4.78 is 45.9. The molecule has 3 heteroatoms. The number of H-pyrrole nitrogens is 1. The van der Waals surface area contributed by atoms with Crippen LogP contribution in [0.3, 0.4) is 0 Å². The quantitative estimate of drug-likeness (QED) is 0.866. The number of hydrogen-bond acceptors (Lipinski definition) is 2. The van der Waals surface area contributed by atoms with Crippen molar-refractivity contribution in [3.8, 4) is 5.75 Å². The normalized spacial score (nSPS) is 31.4. The van der Waals surface area contributed by atoms with Crippen molar-refractivity contribution >= 4 is 10.9 Å². The third kappa shape index (κ3) is 1.80. The van der Waals surface area contributed by atoms with Crippen LogP contribution in [0.1, 0.15) is 24.8 Å². The molecule has 0 radical (unpaired) electrons. The molecule has 1 saturated heterocycles. The van der Waals surface area contributed by atoms with E-state index in [9.17, 15) is 0 Å². The molecule has 1 aliphatic rings. The van der Waals surface area contributed by atoms with Crippen LogP contribution in [0.25, 0.3) is 10.9 Å². The number of hydrogen-bond donors (Lipinski definition) is 1. The molecule has 3 rings (SSSR count). The Morgan fingerprint density at radius 3 is 3.18 bits per heavy atom. The number of nitrogens with one attached hydrogen (secondary N) is 1. The van der Waals surface area contributed by atoms with E-state index in [-0.39, 0.29) is 12.6 Å². The SMILES string of the molecule is [2H]c1[nH]c2ccc(OC)cc2c1C1CC([2H])([2H])N(C)C1([2H])[2H]. The maximum atomic E-state index is 8.28. The van der Waals surface area contributed by atoms with E-state index in [1.807, 2.05) is 0 Å². The van der Waals surface area contributed by atoms with Crippen molar-refractivity contribution in [1.29, 1.82) is 0 Å². The third-order valence-corrected chi connectivity index (χ3v) is 3.08. The third-order valence-electron chi connectivity index (χ3n) is 3.08. The molecule has 90 valence electrons. The Morgan fingerprint density at radius 2 is 2.47 bits per heavy atom. The topological polar surface area (TPSA) is 28.3 Å². The van der Waals surface area contributed by atoms with Crippen LogP contribution in [0.15, 0.2) is 24.4 Å². The lowest BCUT2D eigenvalue weighted by atomic mass is 9.98. The first-order valence-corrected chi connectivity index (χ1v) is 5.58. The molecule has 1 fully saturated rings. The van der Waals surface area contributed by atoms with Gasteiger partial charge in [-0.1, -0.05) is 0 Å². The Hall–Kier alpha value is -1.48. The highest BCUT2D eigenvalue weighted by Gasteiger charge is 2.23. The first kappa shape index (κ1) is 6.45. The fraction of sp³-hybridized carbons (Fsp3) is 0.429. The predicted octanol–water partition coefficient (Wildman–Crippen LogP) is 2.60. The summed E-state index contributed by atoms with van der Waals surface area (Å²) in [5, 5.41) is 0.712. The Kier molecular flexibility index (Phi) is 1.55. The van der Waals surface area contributed by atoms with E-state index in [4.69, 9.17) is 11.6 Å². The molecule has 1 atom stereocenters. The number of aromatic amines is 1. The zero-order valence-corrected chi connectivity index (χ0v) is 9.87. The maximum Gasteiger partial charge on any atom is 0.119 e. The minimum Gasteiger partial charge on any atom is -0.497 e. The molecule has 0 bridgehead atoms. The number of aromatic nitrogens is 1. The minimum absolute atomic E-state index is 0.00649. The maximum absolute atomic E-state index is 8.28. The highest BCUT2D eigenvalue weighted by atomic mass is 16.5. The second-order valence-electron chi connectivity index (χ2n) is 4.18. The number of nitrogens with zero attached hydrogens (tertiary/aromatic N) is 1. The van der Waals surface area contributed by atoms with Crippen molar-refractivity contribution < 1.29 is 11.6 Å². The molecule has 1 aliphatic heterocycles. The molecule has 1 aromatic heterocycles. The fourth-order valence-corrected chi connectivity index (χ4v) is 2.18. The zero-order valence-electron chi connectivity index (χ0n) is 14.9. The number of benzene rings is 1. The summed E-state index contributed by atoms with van der Waals surface area (Å²) >= 11 is 0. The summed E-state index contributed by atoms with van der Waals surface area (Å²) in [6.07, 6.45) is 0.134. The summed E-state index contributed by atoms with van der Waals surface area (Å²) in [5.74, 6) is -0.0940. The second-order valence-corrected chi connectivity index (χ2v) is 4.18. The van der Waals surface area contributed by atoms with Gasteiger partial charge in [-0.3, -0.25) is 0 Å². The number of likely N-dealkylation sites (tertiary alicyclic amines) is 1. The molecule has 3 nitrogen and oxygen atoms in total. The van der Waals surface area contributed by atoms with Crippen LogP contribution in [0.4, 0.5) is 0 Å². The van der Waals surface area contributed by atoms with Crippen LogP contribution >= 0.6 is 0 Å². The van der Waals surface area contributed by atoms with Gasteiger partial charge in [-0.25, -0.2) is 0 Å². The van der Waals surface area contributed by atoms with Gasteiger partial charge in [-0.05, 0) is 49.6 Å². The van der Waals surface area contributed by atoms with Gasteiger partial charge in [-0.2, -0.15) is 0 Å². The van der Waals surface area contributed by atoms with E-state index in [0.717, 1.165) is 10.4 Å². The average Bonchev–Trinajstić information content (AvgIpc) is 2.85. The van der Waals surface area contributed by atoms with Crippen LogP contribution < -0.4 is 4.74 Å². The fourth-order valence-electron chi connectivity index (χ4n) is 2.18. The smallest absolute Gasteiger partial charge is 0.119 e. The molecule has 1 N–H and O–H groups in total. The lowest BCUT2D eigenvalue weighted by Gasteiger charge is -2.09. The standard InChI is InChI=1S/C14H18N2O/c1-16-6-5-10(9-16)13-8-15-14-4-3-11(17-2)7-12(13)14/h3-4,7-8,10,15H,5-6,9H2,1-2H3/i6D2,8D,9D2. The van der Waals surface area contributed by atoms with Crippen molar-refractivity contribution in [3.63, 3.8) is 0 Å². The van der Waals surface area contributed by atoms with Crippen LogP contribution in [0.2, 0.25) is 0 Å². The van der Waals surface area contributed by atoms with Crippen molar-refractivity contribution in [2.24, 2.45) is 0 Å². The molecule has 0 amide bonds. The van der Waals surface area contributed by atoms with Gasteiger partial charge >= 0.3 is 0 Å². The molecule has 0 saturated carbocycles. The van der Waals surface area contributed by atoms with E-state index >= 15 is 0 Å². The highest BCUT2D eigenvalue weighted by molar-refractivity contribution is 5.85. The van der Waals surface area contributed by atoms with E-state index < -0.39 is 18.9 Å². The van der Waals surface area contributed by atoms with Gasteiger partial charge in [0.25, 0.3) is 0 Å². The van der Waals surface area contributed by atoms with E-state index in [1.165, 1.54) is 7.05 Å². The molecule has 0 spiro atoms. The Balaban J connectivity index is 2.20. The Morgan fingerprint density at radius 1 is 1.59 bits per heavy atom. The monoisotopic (exact) mass is 235 g/mol. The van der Waals surface area contributed by atoms with Crippen molar-refractivity contribution in [3.05, 3.63) is 29.9 Å². The van der Waals surface area contributed by atoms with Gasteiger partial charge in [0.1, 0.15) is 5.75 Å². The predicted molar refractivity (Wildman–Crippen MR) is 69.7 cm³/mol. The highest BCUT2D eigenvalue weighted by Crippen LogP contribution is 2.33. The summed E-state index contributed by atoms with van der Waals surface area (Å²) in [4.78, 5) is 4.05. The number of fused-ring (bicyclic) bond motifs is 1. The first-order valence-electron chi connectivity index (χ1n) is 8.08. The summed E-state index contributed by atoms with van der Waals surface area (Å²) in [7, 11) is 3.00. The minimum atomic E-state index is -1.86. The Bertz CT molecular complexity index is 727. The van der Waals surface area contributed by atoms with Gasteiger partial charge in [0, 0.05) is 29.1 Å². The van der Waals surface area contributed by atoms with Crippen molar-refractivity contribution in [2.75, 3.05) is 27.2 Å². The molecule has 2 aromatic rings. The lowest BCUT2D eigenvalue weighted by molar-refractivity contribution is 0.411. The van der Waals surface area contributed by atoms with Crippen LogP contribution in [-0.2, 0) is 0 Å². The summed E-state index contributed by atoms with van der Waals surface area (Å²) in [6, 6.07) is 5.33. The number of ether oxygens (including phenoxy) is 1. The van der Waals surface area contributed by atoms with Crippen LogP contribution in [0, 0.1) is 0 Å². The van der Waals surface area contributed by atoms with Gasteiger partial charge in [0.05, 0.1) is 8.48 Å². The van der Waals surface area contributed by atoms with Gasteiger partial charge in [0.15, 0.2) is 0 Å². The van der Waals surface area contributed by atoms with Gasteiger partial charge in [-0.15, -0.1) is 0 Å². The second kappa shape index (κ2) is 4.08. The number of likely N-dealkylation sites (N-methyl/N-ethyl adjacent to an activating group) is 1. The summed E-state index contributed by atoms with van der Waals surface area (Å²) in [5.41, 5.74) is 1.24. The molecule has 0 aliphatic carbocycles. The van der Waals surface area contributed by atoms with Crippen LogP contribution in [-0.4, -0.2) is 37.0 Å². The van der Waals surface area contributed by atoms with Crippen molar-refractivity contribution in [1.82, 2.24) is 9.88 Å². The largest absolute Gasteiger partial charge is 0.497 e. The molecular weight excluding hydrogens is 212 g/mol. The number of methoxy groups -OCH3 is 1. The van der Waals surface area contributed by atoms with Crippen molar-refractivity contribution in [2.45, 2.75) is 12.3 Å². The molecule has 17 heavy (non-hydrogen) atoms. The molecule has 1 aromatic carbocycles. The van der Waals surface area contributed by atoms with Gasteiger partial charge < -0.3 is 14.6 Å². The average molecular weight is 235 g/mol. The summed E-state index contributed by atoms with van der Waals surface area (Å²) in [6.45, 7) is -3.61. The van der Waals surface area contributed by atoms with E-state index in [2.05, 4.69) is 4.98 Å².